The number of allylic oxidation sites excluding steroid dienone is 1. The molecule has 0 fully saturated rings. The van der Waals surface area contributed by atoms with Gasteiger partial charge in [0.05, 0.1) is 25.6 Å². The third-order valence-electron chi connectivity index (χ3n) is 5.11. The van der Waals surface area contributed by atoms with Gasteiger partial charge in [-0.15, -0.1) is 0 Å². The Morgan fingerprint density at radius 3 is 2.72 bits per heavy atom. The maximum absolute atomic E-state index is 12.5. The van der Waals surface area contributed by atoms with E-state index in [9.17, 15) is 4.79 Å². The molecule has 1 amide bonds. The van der Waals surface area contributed by atoms with Gasteiger partial charge in [-0.2, -0.15) is 0 Å². The number of hydrogen-bond acceptors (Lipinski definition) is 4. The zero-order valence-corrected chi connectivity index (χ0v) is 17.7. The first-order valence-corrected chi connectivity index (χ1v) is 10.1. The Morgan fingerprint density at radius 2 is 2.07 bits per heavy atom. The molecule has 6 nitrogen and oxygen atoms in total. The second-order valence-electron chi connectivity index (χ2n) is 8.88. The average Bonchev–Trinajstić information content (AvgIpc) is 3.18. The van der Waals surface area contributed by atoms with Crippen LogP contribution >= 0.6 is 0 Å². The molecule has 0 saturated carbocycles. The Kier molecular flexibility index (Phi) is 6.42. The minimum atomic E-state index is -0.546. The smallest absolute Gasteiger partial charge is 0.408 e. The van der Waals surface area contributed by atoms with Crippen molar-refractivity contribution in [3.63, 3.8) is 0 Å². The van der Waals surface area contributed by atoms with Gasteiger partial charge in [-0.25, -0.2) is 9.78 Å². The minimum Gasteiger partial charge on any atom is -0.444 e. The van der Waals surface area contributed by atoms with E-state index in [4.69, 9.17) is 9.47 Å². The largest absolute Gasteiger partial charge is 0.444 e. The molecule has 1 heterocycles. The van der Waals surface area contributed by atoms with Crippen LogP contribution in [-0.2, 0) is 16.1 Å². The molecule has 1 aromatic heterocycles. The fourth-order valence-corrected chi connectivity index (χ4v) is 3.48. The molecular weight excluding hydrogens is 366 g/mol. The summed E-state index contributed by atoms with van der Waals surface area (Å²) < 4.78 is 13.5. The number of carbonyl (C=O) groups excluding carboxylic acids is 1. The lowest BCUT2D eigenvalue weighted by Gasteiger charge is -2.40. The highest BCUT2D eigenvalue weighted by atomic mass is 16.6. The molecule has 1 aromatic carbocycles. The summed E-state index contributed by atoms with van der Waals surface area (Å²) in [6, 6.07) is 9.91. The molecule has 1 aliphatic carbocycles. The summed E-state index contributed by atoms with van der Waals surface area (Å²) in [7, 11) is 0. The summed E-state index contributed by atoms with van der Waals surface area (Å²) in [6.45, 7) is 8.83. The lowest BCUT2D eigenvalue weighted by molar-refractivity contribution is 0.0143. The first-order valence-electron chi connectivity index (χ1n) is 10.1. The standard InChI is InChI=1S/C23H31N3O3/c1-22(2,3)29-21(27)25-20-14-19(26-13-12-24-17-26)10-11-23(20,4)16-28-15-18-8-6-5-7-9-18/h5-9,12-14,17,20H,10-11,15-16H2,1-4H3,(H,25,27). The van der Waals surface area contributed by atoms with E-state index in [1.165, 1.54) is 0 Å². The Balaban J connectivity index is 1.73. The third kappa shape index (κ3) is 5.94. The SMILES string of the molecule is CC(C)(C)OC(=O)NC1C=C(n2ccnc2)CCC1(C)COCc1ccccc1. The number of hydrogen-bond donors (Lipinski definition) is 1. The van der Waals surface area contributed by atoms with Crippen molar-refractivity contribution < 1.29 is 14.3 Å². The number of rotatable bonds is 6. The molecule has 2 aromatic rings. The second kappa shape index (κ2) is 8.82. The molecule has 0 bridgehead atoms. The molecule has 3 rings (SSSR count). The quantitative estimate of drug-likeness (QED) is 0.771. The van der Waals surface area contributed by atoms with Gasteiger partial charge in [0.25, 0.3) is 0 Å². The van der Waals surface area contributed by atoms with Gasteiger partial charge in [-0.3, -0.25) is 0 Å². The number of aromatic nitrogens is 2. The Bertz CT molecular complexity index is 825. The zero-order valence-electron chi connectivity index (χ0n) is 17.7. The lowest BCUT2D eigenvalue weighted by Crippen LogP contribution is -2.50. The van der Waals surface area contributed by atoms with Gasteiger partial charge in [0.15, 0.2) is 0 Å². The summed E-state index contributed by atoms with van der Waals surface area (Å²) in [5.74, 6) is 0. The first kappa shape index (κ1) is 21.1. The summed E-state index contributed by atoms with van der Waals surface area (Å²) in [5, 5.41) is 3.06. The van der Waals surface area contributed by atoms with Crippen molar-refractivity contribution in [3.05, 3.63) is 60.7 Å². The summed E-state index contributed by atoms with van der Waals surface area (Å²) in [4.78, 5) is 16.6. The number of imidazole rings is 1. The van der Waals surface area contributed by atoms with Gasteiger partial charge >= 0.3 is 6.09 Å². The van der Waals surface area contributed by atoms with E-state index in [1.807, 2.05) is 49.7 Å². The van der Waals surface area contributed by atoms with Crippen LogP contribution in [0.3, 0.4) is 0 Å². The van der Waals surface area contributed by atoms with Gasteiger partial charge < -0.3 is 19.4 Å². The highest BCUT2D eigenvalue weighted by Gasteiger charge is 2.38. The maximum Gasteiger partial charge on any atom is 0.408 e. The summed E-state index contributed by atoms with van der Waals surface area (Å²) >= 11 is 0. The van der Waals surface area contributed by atoms with Crippen molar-refractivity contribution in [1.29, 1.82) is 0 Å². The van der Waals surface area contributed by atoms with Crippen molar-refractivity contribution >= 4 is 11.8 Å². The van der Waals surface area contributed by atoms with E-state index >= 15 is 0 Å². The molecule has 0 saturated heterocycles. The third-order valence-corrected chi connectivity index (χ3v) is 5.11. The van der Waals surface area contributed by atoms with Crippen molar-refractivity contribution in [3.8, 4) is 0 Å². The molecule has 0 spiro atoms. The Labute approximate surface area is 172 Å². The van der Waals surface area contributed by atoms with Gasteiger partial charge in [0.2, 0.25) is 0 Å². The van der Waals surface area contributed by atoms with E-state index in [2.05, 4.69) is 35.4 Å². The lowest BCUT2D eigenvalue weighted by atomic mass is 9.74. The molecule has 0 radical (unpaired) electrons. The van der Waals surface area contributed by atoms with Crippen LogP contribution in [0.4, 0.5) is 4.79 Å². The predicted molar refractivity (Wildman–Crippen MR) is 113 cm³/mol. The van der Waals surface area contributed by atoms with Crippen molar-refractivity contribution in [2.75, 3.05) is 6.61 Å². The molecule has 6 heteroatoms. The van der Waals surface area contributed by atoms with E-state index in [0.29, 0.717) is 13.2 Å². The average molecular weight is 398 g/mol. The minimum absolute atomic E-state index is 0.209. The number of nitrogens with one attached hydrogen (secondary N) is 1. The fourth-order valence-electron chi connectivity index (χ4n) is 3.48. The number of nitrogens with zero attached hydrogens (tertiary/aromatic N) is 2. The second-order valence-corrected chi connectivity index (χ2v) is 8.88. The number of amides is 1. The zero-order chi connectivity index (χ0) is 20.9. The van der Waals surface area contributed by atoms with Gasteiger partial charge in [0.1, 0.15) is 5.60 Å². The van der Waals surface area contributed by atoms with Crippen LogP contribution in [-0.4, -0.2) is 33.9 Å². The van der Waals surface area contributed by atoms with Crippen molar-refractivity contribution in [2.45, 2.75) is 58.8 Å². The molecule has 29 heavy (non-hydrogen) atoms. The van der Waals surface area contributed by atoms with E-state index < -0.39 is 11.7 Å². The Morgan fingerprint density at radius 1 is 1.31 bits per heavy atom. The van der Waals surface area contributed by atoms with E-state index in [0.717, 1.165) is 24.1 Å². The molecule has 2 unspecified atom stereocenters. The number of ether oxygens (including phenoxy) is 2. The van der Waals surface area contributed by atoms with Crippen LogP contribution in [0.15, 0.2) is 55.1 Å². The molecule has 2 atom stereocenters. The van der Waals surface area contributed by atoms with E-state index in [-0.39, 0.29) is 11.5 Å². The van der Waals surface area contributed by atoms with Gasteiger partial charge in [-0.05, 0) is 45.3 Å². The summed E-state index contributed by atoms with van der Waals surface area (Å²) in [6.07, 6.45) is 8.91. The normalized spacial score (nSPS) is 22.1. The highest BCUT2D eigenvalue weighted by molar-refractivity contribution is 5.69. The number of benzene rings is 1. The maximum atomic E-state index is 12.5. The van der Waals surface area contributed by atoms with Crippen LogP contribution in [0, 0.1) is 5.41 Å². The monoisotopic (exact) mass is 397 g/mol. The van der Waals surface area contributed by atoms with Crippen LogP contribution in [0.2, 0.25) is 0 Å². The van der Waals surface area contributed by atoms with Gasteiger partial charge in [-0.1, -0.05) is 37.3 Å². The van der Waals surface area contributed by atoms with Crippen molar-refractivity contribution in [1.82, 2.24) is 14.9 Å². The number of alkyl carbamates (subject to hydrolysis) is 1. The molecule has 0 aliphatic heterocycles. The molecular formula is C23H31N3O3. The predicted octanol–water partition coefficient (Wildman–Crippen LogP) is 4.63. The number of carbonyl (C=O) groups is 1. The van der Waals surface area contributed by atoms with Crippen LogP contribution < -0.4 is 5.32 Å². The fraction of sp³-hybridized carbons (Fsp3) is 0.478. The molecule has 1 aliphatic rings. The topological polar surface area (TPSA) is 65.4 Å². The highest BCUT2D eigenvalue weighted by Crippen LogP contribution is 2.37. The molecule has 156 valence electrons. The first-order chi connectivity index (χ1) is 13.8. The molecule has 1 N–H and O–H groups in total. The van der Waals surface area contributed by atoms with Crippen LogP contribution in [0.5, 0.6) is 0 Å². The van der Waals surface area contributed by atoms with Gasteiger partial charge in [0, 0.05) is 23.5 Å². The van der Waals surface area contributed by atoms with Crippen LogP contribution in [0.25, 0.3) is 5.70 Å². The summed E-state index contributed by atoms with van der Waals surface area (Å²) in [5.41, 5.74) is 1.47. The Hall–Kier alpha value is -2.60. The van der Waals surface area contributed by atoms with Crippen molar-refractivity contribution in [2.24, 2.45) is 5.41 Å². The van der Waals surface area contributed by atoms with E-state index in [1.54, 1.807) is 12.5 Å². The van der Waals surface area contributed by atoms with Crippen LogP contribution in [0.1, 0.15) is 46.1 Å².